The van der Waals surface area contributed by atoms with Crippen molar-refractivity contribution in [3.8, 4) is 0 Å². The van der Waals surface area contributed by atoms with E-state index in [1.54, 1.807) is 0 Å². The summed E-state index contributed by atoms with van der Waals surface area (Å²) in [4.78, 5) is 20.8. The van der Waals surface area contributed by atoms with Crippen molar-refractivity contribution in [2.75, 3.05) is 11.4 Å². The van der Waals surface area contributed by atoms with Gasteiger partial charge in [-0.1, -0.05) is 12.8 Å². The molecule has 0 spiro atoms. The van der Waals surface area contributed by atoms with Gasteiger partial charge in [-0.15, -0.1) is 0 Å². The molecule has 17 heavy (non-hydrogen) atoms. The summed E-state index contributed by atoms with van der Waals surface area (Å²) in [5.41, 5.74) is -0.0886. The molecule has 92 valence electrons. The molecule has 1 N–H and O–H groups in total. The number of halogens is 1. The van der Waals surface area contributed by atoms with Crippen LogP contribution in [0.25, 0.3) is 0 Å². The monoisotopic (exact) mass is 297 g/mol. The van der Waals surface area contributed by atoms with E-state index in [0.717, 1.165) is 18.3 Å². The molecule has 0 radical (unpaired) electrons. The summed E-state index contributed by atoms with van der Waals surface area (Å²) in [5, 5.41) is 0. The van der Waals surface area contributed by atoms with Gasteiger partial charge >= 0.3 is 0 Å². The first-order chi connectivity index (χ1) is 8.27. The molecule has 1 aliphatic carbocycles. The Balaban J connectivity index is 1.94. The molecule has 2 unspecified atom stereocenters. The van der Waals surface area contributed by atoms with Crippen LogP contribution in [0.3, 0.4) is 0 Å². The first-order valence-corrected chi connectivity index (χ1v) is 7.06. The summed E-state index contributed by atoms with van der Waals surface area (Å²) in [6.45, 7) is 1.03. The van der Waals surface area contributed by atoms with Crippen molar-refractivity contribution in [2.24, 2.45) is 5.92 Å². The largest absolute Gasteiger partial charge is 0.352 e. The lowest BCUT2D eigenvalue weighted by atomic mass is 9.85. The average molecular weight is 298 g/mol. The van der Waals surface area contributed by atoms with Crippen LogP contribution >= 0.6 is 15.9 Å². The Morgan fingerprint density at radius 1 is 1.35 bits per heavy atom. The van der Waals surface area contributed by atoms with E-state index in [9.17, 15) is 4.79 Å². The molecule has 5 heteroatoms. The van der Waals surface area contributed by atoms with Crippen molar-refractivity contribution in [2.45, 2.75) is 38.1 Å². The number of anilines is 1. The molecule has 1 aliphatic heterocycles. The van der Waals surface area contributed by atoms with Crippen molar-refractivity contribution in [1.29, 1.82) is 0 Å². The Morgan fingerprint density at radius 2 is 2.18 bits per heavy atom. The van der Waals surface area contributed by atoms with Gasteiger partial charge in [0.25, 0.3) is 5.56 Å². The number of hydrogen-bond acceptors (Lipinski definition) is 3. The first-order valence-electron chi connectivity index (χ1n) is 6.27. The molecule has 2 heterocycles. The van der Waals surface area contributed by atoms with E-state index in [0.29, 0.717) is 10.5 Å². The van der Waals surface area contributed by atoms with Gasteiger partial charge in [0.05, 0.1) is 6.33 Å². The van der Waals surface area contributed by atoms with Crippen LogP contribution in [-0.2, 0) is 0 Å². The number of aromatic nitrogens is 2. The summed E-state index contributed by atoms with van der Waals surface area (Å²) in [5.74, 6) is 1.62. The van der Waals surface area contributed by atoms with Crippen molar-refractivity contribution < 1.29 is 0 Å². The van der Waals surface area contributed by atoms with E-state index in [4.69, 9.17) is 0 Å². The summed E-state index contributed by atoms with van der Waals surface area (Å²) < 4.78 is 0.575. The van der Waals surface area contributed by atoms with Crippen molar-refractivity contribution >= 4 is 21.7 Å². The van der Waals surface area contributed by atoms with Gasteiger partial charge in [0.2, 0.25) is 0 Å². The highest BCUT2D eigenvalue weighted by Crippen LogP contribution is 2.39. The number of rotatable bonds is 1. The molecule has 0 bridgehead atoms. The highest BCUT2D eigenvalue weighted by molar-refractivity contribution is 9.10. The van der Waals surface area contributed by atoms with E-state index in [-0.39, 0.29) is 5.56 Å². The molecule has 2 aliphatic rings. The molecule has 1 aromatic rings. The second-order valence-corrected chi connectivity index (χ2v) is 5.76. The van der Waals surface area contributed by atoms with Crippen LogP contribution in [0, 0.1) is 5.92 Å². The molecule has 0 amide bonds. The van der Waals surface area contributed by atoms with Crippen LogP contribution in [0.4, 0.5) is 5.82 Å². The van der Waals surface area contributed by atoms with Gasteiger partial charge in [0.1, 0.15) is 4.47 Å². The van der Waals surface area contributed by atoms with Gasteiger partial charge in [-0.2, -0.15) is 0 Å². The summed E-state index contributed by atoms with van der Waals surface area (Å²) >= 11 is 3.36. The average Bonchev–Trinajstić information content (AvgIpc) is 2.77. The highest BCUT2D eigenvalue weighted by atomic mass is 79.9. The zero-order valence-corrected chi connectivity index (χ0v) is 11.2. The third-order valence-electron chi connectivity index (χ3n) is 4.06. The molecule has 4 nitrogen and oxygen atoms in total. The van der Waals surface area contributed by atoms with Gasteiger partial charge in [-0.05, 0) is 41.1 Å². The van der Waals surface area contributed by atoms with Gasteiger partial charge in [0, 0.05) is 12.6 Å². The molecule has 2 fully saturated rings. The Bertz CT molecular complexity index is 473. The number of H-pyrrole nitrogens is 1. The standard InChI is InChI=1S/C12H16BrN3O/c13-10-11(14-7-15-12(10)17)16-6-5-8-3-1-2-4-9(8)16/h7-9H,1-6H2,(H,14,15,17). The zero-order chi connectivity index (χ0) is 11.8. The molecule has 2 atom stereocenters. The minimum Gasteiger partial charge on any atom is -0.352 e. The van der Waals surface area contributed by atoms with Crippen molar-refractivity contribution in [3.05, 3.63) is 21.2 Å². The Hall–Kier alpha value is -0.840. The number of nitrogens with one attached hydrogen (secondary N) is 1. The molecular weight excluding hydrogens is 282 g/mol. The maximum Gasteiger partial charge on any atom is 0.267 e. The Morgan fingerprint density at radius 3 is 3.06 bits per heavy atom. The van der Waals surface area contributed by atoms with Crippen LogP contribution in [0.2, 0.25) is 0 Å². The van der Waals surface area contributed by atoms with E-state index in [1.807, 2.05) is 0 Å². The topological polar surface area (TPSA) is 49.0 Å². The van der Waals surface area contributed by atoms with E-state index >= 15 is 0 Å². The molecule has 1 saturated heterocycles. The fourth-order valence-corrected chi connectivity index (χ4v) is 3.69. The van der Waals surface area contributed by atoms with Crippen molar-refractivity contribution in [3.63, 3.8) is 0 Å². The number of nitrogens with zero attached hydrogens (tertiary/aromatic N) is 2. The summed E-state index contributed by atoms with van der Waals surface area (Å²) in [7, 11) is 0. The van der Waals surface area contributed by atoms with Crippen LogP contribution in [0.1, 0.15) is 32.1 Å². The van der Waals surface area contributed by atoms with Crippen LogP contribution in [0.5, 0.6) is 0 Å². The van der Waals surface area contributed by atoms with Crippen LogP contribution < -0.4 is 10.5 Å². The molecule has 1 aromatic heterocycles. The molecule has 3 rings (SSSR count). The minimum atomic E-state index is -0.0886. The summed E-state index contributed by atoms with van der Waals surface area (Å²) in [6.07, 6.45) is 7.98. The van der Waals surface area contributed by atoms with Crippen LogP contribution in [-0.4, -0.2) is 22.6 Å². The molecule has 0 aromatic carbocycles. The quantitative estimate of drug-likeness (QED) is 0.865. The number of aromatic amines is 1. The molecule has 1 saturated carbocycles. The van der Waals surface area contributed by atoms with Gasteiger partial charge in [-0.3, -0.25) is 4.79 Å². The third-order valence-corrected chi connectivity index (χ3v) is 4.78. The first kappa shape index (κ1) is 11.3. The predicted octanol–water partition coefficient (Wildman–Crippen LogP) is 2.30. The van der Waals surface area contributed by atoms with Gasteiger partial charge in [0.15, 0.2) is 5.82 Å². The lowest BCUT2D eigenvalue weighted by Gasteiger charge is -2.32. The normalized spacial score (nSPS) is 28.2. The Labute approximate surface area is 109 Å². The second kappa shape index (κ2) is 4.44. The lowest BCUT2D eigenvalue weighted by Crippen LogP contribution is -2.36. The van der Waals surface area contributed by atoms with Gasteiger partial charge < -0.3 is 9.88 Å². The van der Waals surface area contributed by atoms with E-state index in [2.05, 4.69) is 30.8 Å². The van der Waals surface area contributed by atoms with E-state index in [1.165, 1.54) is 38.4 Å². The van der Waals surface area contributed by atoms with Crippen LogP contribution in [0.15, 0.2) is 15.6 Å². The maximum atomic E-state index is 11.6. The maximum absolute atomic E-state index is 11.6. The highest BCUT2D eigenvalue weighted by Gasteiger charge is 2.37. The number of hydrogen-bond donors (Lipinski definition) is 1. The van der Waals surface area contributed by atoms with Gasteiger partial charge in [-0.25, -0.2) is 4.98 Å². The third kappa shape index (κ3) is 1.90. The zero-order valence-electron chi connectivity index (χ0n) is 9.66. The SMILES string of the molecule is O=c1[nH]cnc(N2CCC3CCCCC32)c1Br. The fraction of sp³-hybridized carbons (Fsp3) is 0.667. The second-order valence-electron chi connectivity index (χ2n) is 4.96. The van der Waals surface area contributed by atoms with Crippen molar-refractivity contribution in [1.82, 2.24) is 9.97 Å². The minimum absolute atomic E-state index is 0.0886. The molecular formula is C12H16BrN3O. The lowest BCUT2D eigenvalue weighted by molar-refractivity contribution is 0.341. The fourth-order valence-electron chi connectivity index (χ4n) is 3.24. The summed E-state index contributed by atoms with van der Waals surface area (Å²) in [6, 6.07) is 0.592. The number of fused-ring (bicyclic) bond motifs is 1. The van der Waals surface area contributed by atoms with E-state index < -0.39 is 0 Å². The smallest absolute Gasteiger partial charge is 0.267 e. The predicted molar refractivity (Wildman–Crippen MR) is 70.3 cm³/mol. The Kier molecular flexibility index (Phi) is 2.94.